The quantitative estimate of drug-likeness (QED) is 0.473. The molecule has 1 amide bonds. The predicted octanol–water partition coefficient (Wildman–Crippen LogP) is 3.47. The number of rotatable bonds is 5. The third-order valence-corrected chi connectivity index (χ3v) is 6.95. The molecule has 7 heteroatoms. The van der Waals surface area contributed by atoms with E-state index in [-0.39, 0.29) is 18.0 Å². The van der Waals surface area contributed by atoms with Crippen LogP contribution in [0.15, 0.2) is 77.9 Å². The maximum absolute atomic E-state index is 13.0. The van der Waals surface area contributed by atoms with E-state index >= 15 is 0 Å². The topological polar surface area (TPSA) is 58.4 Å². The largest absolute Gasteiger partial charge is 0.339 e. The van der Waals surface area contributed by atoms with Crippen LogP contribution in [0.5, 0.6) is 0 Å². The van der Waals surface area contributed by atoms with Crippen LogP contribution in [0.2, 0.25) is 0 Å². The van der Waals surface area contributed by atoms with Crippen molar-refractivity contribution >= 4 is 27.5 Å². The second kappa shape index (κ2) is 9.06. The first-order valence-electron chi connectivity index (χ1n) is 10.8. The summed E-state index contributed by atoms with van der Waals surface area (Å²) >= 11 is 1.50. The molecule has 0 unspecified atom stereocenters. The first-order valence-corrected chi connectivity index (χ1v) is 11.6. The van der Waals surface area contributed by atoms with Gasteiger partial charge in [0.05, 0.1) is 11.7 Å². The second-order valence-electron chi connectivity index (χ2n) is 8.02. The van der Waals surface area contributed by atoms with E-state index in [9.17, 15) is 9.59 Å². The summed E-state index contributed by atoms with van der Waals surface area (Å²) in [4.78, 5) is 36.2. The third-order valence-electron chi connectivity index (χ3n) is 5.86. The number of fused-ring (bicyclic) bond motifs is 1. The van der Waals surface area contributed by atoms with Gasteiger partial charge in [-0.15, -0.1) is 11.3 Å². The molecule has 1 aliphatic heterocycles. The molecule has 4 aromatic rings. The number of hydrogen-bond donors (Lipinski definition) is 0. The number of piperazine rings is 1. The van der Waals surface area contributed by atoms with Gasteiger partial charge in [-0.05, 0) is 17.2 Å². The molecule has 162 valence electrons. The number of thiophene rings is 1. The fourth-order valence-electron chi connectivity index (χ4n) is 4.06. The van der Waals surface area contributed by atoms with Crippen molar-refractivity contribution in [3.05, 3.63) is 89.0 Å². The number of benzene rings is 2. The van der Waals surface area contributed by atoms with Crippen LogP contribution in [-0.2, 0) is 17.9 Å². The minimum absolute atomic E-state index is 0.0248. The Morgan fingerprint density at radius 2 is 1.62 bits per heavy atom. The van der Waals surface area contributed by atoms with E-state index in [0.29, 0.717) is 23.3 Å². The molecule has 0 aliphatic carbocycles. The summed E-state index contributed by atoms with van der Waals surface area (Å²) in [6.07, 6.45) is 1.50. The van der Waals surface area contributed by atoms with Gasteiger partial charge < -0.3 is 4.90 Å². The van der Waals surface area contributed by atoms with Crippen LogP contribution in [-0.4, -0.2) is 51.4 Å². The van der Waals surface area contributed by atoms with E-state index in [0.717, 1.165) is 30.1 Å². The molecule has 0 bridgehead atoms. The van der Waals surface area contributed by atoms with Crippen molar-refractivity contribution in [1.29, 1.82) is 0 Å². The summed E-state index contributed by atoms with van der Waals surface area (Å²) in [5.74, 6) is -0.0360. The Hall–Kier alpha value is -3.29. The van der Waals surface area contributed by atoms with Crippen LogP contribution in [0.25, 0.3) is 20.7 Å². The Labute approximate surface area is 190 Å². The maximum atomic E-state index is 13.0. The molecule has 3 heterocycles. The number of amides is 1. The molecule has 1 aliphatic rings. The Morgan fingerprint density at radius 1 is 0.938 bits per heavy atom. The van der Waals surface area contributed by atoms with Crippen LogP contribution in [0.4, 0.5) is 0 Å². The molecule has 32 heavy (non-hydrogen) atoms. The van der Waals surface area contributed by atoms with Crippen LogP contribution in [0, 0.1) is 0 Å². The zero-order valence-electron chi connectivity index (χ0n) is 17.7. The fourth-order valence-corrected chi connectivity index (χ4v) is 5.05. The molecule has 0 radical (unpaired) electrons. The van der Waals surface area contributed by atoms with Gasteiger partial charge in [0.25, 0.3) is 5.56 Å². The van der Waals surface area contributed by atoms with Gasteiger partial charge in [-0.1, -0.05) is 60.7 Å². The average molecular weight is 445 g/mol. The highest BCUT2D eigenvalue weighted by atomic mass is 32.1. The van der Waals surface area contributed by atoms with E-state index < -0.39 is 0 Å². The maximum Gasteiger partial charge on any atom is 0.262 e. The molecule has 0 saturated carbocycles. The van der Waals surface area contributed by atoms with Crippen molar-refractivity contribution in [1.82, 2.24) is 19.4 Å². The summed E-state index contributed by atoms with van der Waals surface area (Å²) in [5, 5.41) is 0.567. The lowest BCUT2D eigenvalue weighted by atomic mass is 10.2. The Morgan fingerprint density at radius 3 is 2.34 bits per heavy atom. The minimum Gasteiger partial charge on any atom is -0.339 e. The second-order valence-corrected chi connectivity index (χ2v) is 9.05. The minimum atomic E-state index is -0.163. The zero-order chi connectivity index (χ0) is 21.9. The highest BCUT2D eigenvalue weighted by molar-refractivity contribution is 7.21. The number of carbonyl (C=O) groups excluding carboxylic acids is 1. The van der Waals surface area contributed by atoms with E-state index in [4.69, 9.17) is 0 Å². The summed E-state index contributed by atoms with van der Waals surface area (Å²) < 4.78 is 1.43. The molecule has 0 N–H and O–H groups in total. The van der Waals surface area contributed by atoms with Gasteiger partial charge in [-0.3, -0.25) is 19.1 Å². The standard InChI is InChI=1S/C25H24N4O2S/c30-23(28-13-11-27(12-14-28)16-19-7-3-1-4-8-19)17-29-18-26-24-21(25(29)31)15-22(32-24)20-9-5-2-6-10-20/h1-10,15,18H,11-14,16-17H2. The molecule has 2 aromatic heterocycles. The molecule has 1 saturated heterocycles. The van der Waals surface area contributed by atoms with Crippen LogP contribution < -0.4 is 5.56 Å². The van der Waals surface area contributed by atoms with Gasteiger partial charge in [0, 0.05) is 37.6 Å². The van der Waals surface area contributed by atoms with Crippen LogP contribution in [0.1, 0.15) is 5.56 Å². The van der Waals surface area contributed by atoms with Crippen LogP contribution >= 0.6 is 11.3 Å². The summed E-state index contributed by atoms with van der Waals surface area (Å²) in [7, 11) is 0. The molecule has 0 atom stereocenters. The van der Waals surface area contributed by atoms with Gasteiger partial charge in [0.1, 0.15) is 11.4 Å². The molecular weight excluding hydrogens is 420 g/mol. The lowest BCUT2D eigenvalue weighted by Crippen LogP contribution is -2.49. The third kappa shape index (κ3) is 4.35. The monoisotopic (exact) mass is 444 g/mol. The highest BCUT2D eigenvalue weighted by Gasteiger charge is 2.22. The van der Waals surface area contributed by atoms with Crippen molar-refractivity contribution in [2.24, 2.45) is 0 Å². The van der Waals surface area contributed by atoms with Gasteiger partial charge in [-0.25, -0.2) is 4.98 Å². The van der Waals surface area contributed by atoms with Crippen LogP contribution in [0.3, 0.4) is 0 Å². The van der Waals surface area contributed by atoms with E-state index in [1.165, 1.54) is 27.8 Å². The summed E-state index contributed by atoms with van der Waals surface area (Å²) in [6.45, 7) is 3.93. The first kappa shape index (κ1) is 20.6. The van der Waals surface area contributed by atoms with Crippen molar-refractivity contribution < 1.29 is 4.79 Å². The molecule has 0 spiro atoms. The Kier molecular flexibility index (Phi) is 5.83. The number of aromatic nitrogens is 2. The van der Waals surface area contributed by atoms with E-state index in [2.05, 4.69) is 22.0 Å². The molecule has 1 fully saturated rings. The van der Waals surface area contributed by atoms with Crippen molar-refractivity contribution in [3.63, 3.8) is 0 Å². The average Bonchev–Trinajstić information content (AvgIpc) is 3.28. The number of hydrogen-bond acceptors (Lipinski definition) is 5. The molecule has 5 rings (SSSR count). The SMILES string of the molecule is O=C(Cn1cnc2sc(-c3ccccc3)cc2c1=O)N1CCN(Cc2ccccc2)CC1. The predicted molar refractivity (Wildman–Crippen MR) is 128 cm³/mol. The lowest BCUT2D eigenvalue weighted by molar-refractivity contribution is -0.133. The number of nitrogens with zero attached hydrogens (tertiary/aromatic N) is 4. The normalized spacial score (nSPS) is 14.7. The fraction of sp³-hybridized carbons (Fsp3) is 0.240. The highest BCUT2D eigenvalue weighted by Crippen LogP contribution is 2.30. The zero-order valence-corrected chi connectivity index (χ0v) is 18.5. The van der Waals surface area contributed by atoms with Crippen molar-refractivity contribution in [3.8, 4) is 10.4 Å². The van der Waals surface area contributed by atoms with Crippen molar-refractivity contribution in [2.75, 3.05) is 26.2 Å². The van der Waals surface area contributed by atoms with Gasteiger partial charge in [0.2, 0.25) is 5.91 Å². The summed E-state index contributed by atoms with van der Waals surface area (Å²) in [6, 6.07) is 22.2. The van der Waals surface area contributed by atoms with E-state index in [1.807, 2.05) is 59.5 Å². The van der Waals surface area contributed by atoms with E-state index in [1.54, 1.807) is 0 Å². The van der Waals surface area contributed by atoms with Gasteiger partial charge in [0.15, 0.2) is 0 Å². The number of carbonyl (C=O) groups is 1. The first-order chi connectivity index (χ1) is 15.7. The lowest BCUT2D eigenvalue weighted by Gasteiger charge is -2.34. The summed E-state index contributed by atoms with van der Waals surface area (Å²) in [5.41, 5.74) is 2.18. The smallest absolute Gasteiger partial charge is 0.262 e. The molecule has 2 aromatic carbocycles. The van der Waals surface area contributed by atoms with Gasteiger partial charge >= 0.3 is 0 Å². The Balaban J connectivity index is 1.25. The Bertz CT molecular complexity index is 1280. The molecular formula is C25H24N4O2S. The van der Waals surface area contributed by atoms with Gasteiger partial charge in [-0.2, -0.15) is 0 Å². The van der Waals surface area contributed by atoms with Crippen molar-refractivity contribution in [2.45, 2.75) is 13.1 Å². The molecule has 6 nitrogen and oxygen atoms in total.